The Bertz CT molecular complexity index is 748. The normalized spacial score (nSPS) is 10.6. The van der Waals surface area contributed by atoms with Gasteiger partial charge in [-0.25, -0.2) is 4.39 Å². The quantitative estimate of drug-likeness (QED) is 0.733. The van der Waals surface area contributed by atoms with Gasteiger partial charge in [0.25, 0.3) is 0 Å². The number of aromatic amines is 1. The topological polar surface area (TPSA) is 72.9 Å². The standard InChI is InChI=1S/C15H13FN4O2/c1-21-9-22-15-6-11(10-7-18-19-8-10)13(16)5-12(15)14-3-2-4-17-20-14/h2-8H,9H2,1H3,(H,18,19). The van der Waals surface area contributed by atoms with Crippen molar-refractivity contribution in [1.29, 1.82) is 0 Å². The molecule has 0 amide bonds. The third-order valence-electron chi connectivity index (χ3n) is 3.06. The Morgan fingerprint density at radius 1 is 1.27 bits per heavy atom. The van der Waals surface area contributed by atoms with Crippen LogP contribution in [0.25, 0.3) is 22.4 Å². The maximum absolute atomic E-state index is 14.4. The number of H-pyrrole nitrogens is 1. The molecule has 2 aromatic heterocycles. The number of ether oxygens (including phenoxy) is 2. The summed E-state index contributed by atoms with van der Waals surface area (Å²) in [6, 6.07) is 6.43. The molecule has 3 aromatic rings. The Hall–Kier alpha value is -2.80. The molecule has 2 heterocycles. The van der Waals surface area contributed by atoms with E-state index in [1.54, 1.807) is 36.8 Å². The van der Waals surface area contributed by atoms with Crippen LogP contribution in [0, 0.1) is 5.82 Å². The highest BCUT2D eigenvalue weighted by molar-refractivity contribution is 5.74. The van der Waals surface area contributed by atoms with Gasteiger partial charge >= 0.3 is 0 Å². The molecule has 112 valence electrons. The lowest BCUT2D eigenvalue weighted by atomic mass is 10.0. The van der Waals surface area contributed by atoms with E-state index in [-0.39, 0.29) is 6.79 Å². The second-order valence-electron chi connectivity index (χ2n) is 4.47. The van der Waals surface area contributed by atoms with Gasteiger partial charge in [-0.3, -0.25) is 5.10 Å². The first-order valence-electron chi connectivity index (χ1n) is 6.52. The third-order valence-corrected chi connectivity index (χ3v) is 3.06. The number of nitrogens with one attached hydrogen (secondary N) is 1. The van der Waals surface area contributed by atoms with Crippen molar-refractivity contribution in [3.05, 3.63) is 48.7 Å². The van der Waals surface area contributed by atoms with Crippen LogP contribution >= 0.6 is 0 Å². The van der Waals surface area contributed by atoms with Crippen molar-refractivity contribution in [2.45, 2.75) is 0 Å². The summed E-state index contributed by atoms with van der Waals surface area (Å²) in [4.78, 5) is 0. The van der Waals surface area contributed by atoms with Gasteiger partial charge in [-0.1, -0.05) is 0 Å². The van der Waals surface area contributed by atoms with Gasteiger partial charge in [0, 0.05) is 36.2 Å². The van der Waals surface area contributed by atoms with E-state index in [0.717, 1.165) is 0 Å². The monoisotopic (exact) mass is 300 g/mol. The number of hydrogen-bond donors (Lipinski definition) is 1. The Kier molecular flexibility index (Phi) is 4.06. The molecule has 22 heavy (non-hydrogen) atoms. The third kappa shape index (κ3) is 2.79. The highest BCUT2D eigenvalue weighted by Gasteiger charge is 2.15. The van der Waals surface area contributed by atoms with Crippen LogP contribution in [0.3, 0.4) is 0 Å². The van der Waals surface area contributed by atoms with Gasteiger partial charge in [0.15, 0.2) is 6.79 Å². The maximum Gasteiger partial charge on any atom is 0.188 e. The fraction of sp³-hybridized carbons (Fsp3) is 0.133. The minimum absolute atomic E-state index is 0.0454. The number of nitrogens with zero attached hydrogens (tertiary/aromatic N) is 3. The number of methoxy groups -OCH3 is 1. The molecule has 0 aliphatic rings. The van der Waals surface area contributed by atoms with Crippen LogP contribution in [-0.4, -0.2) is 34.3 Å². The van der Waals surface area contributed by atoms with Crippen LogP contribution in [0.1, 0.15) is 0 Å². The predicted octanol–water partition coefficient (Wildman–Crippen LogP) is 2.66. The lowest BCUT2D eigenvalue weighted by Gasteiger charge is -2.12. The van der Waals surface area contributed by atoms with Crippen molar-refractivity contribution >= 4 is 0 Å². The summed E-state index contributed by atoms with van der Waals surface area (Å²) in [7, 11) is 1.52. The number of rotatable bonds is 5. The molecule has 7 heteroatoms. The molecule has 0 unspecified atom stereocenters. The van der Waals surface area contributed by atoms with Gasteiger partial charge < -0.3 is 9.47 Å². The number of aromatic nitrogens is 4. The zero-order valence-electron chi connectivity index (χ0n) is 11.8. The Morgan fingerprint density at radius 3 is 2.86 bits per heavy atom. The van der Waals surface area contributed by atoms with Crippen molar-refractivity contribution in [1.82, 2.24) is 20.4 Å². The number of hydrogen-bond acceptors (Lipinski definition) is 5. The summed E-state index contributed by atoms with van der Waals surface area (Å²) in [5.74, 6) is 0.0618. The van der Waals surface area contributed by atoms with Crippen molar-refractivity contribution < 1.29 is 13.9 Å². The minimum Gasteiger partial charge on any atom is -0.467 e. The minimum atomic E-state index is -0.396. The van der Waals surface area contributed by atoms with Gasteiger partial charge in [0.05, 0.1) is 11.9 Å². The summed E-state index contributed by atoms with van der Waals surface area (Å²) in [6.07, 6.45) is 4.70. The van der Waals surface area contributed by atoms with Crippen LogP contribution in [0.15, 0.2) is 42.9 Å². The van der Waals surface area contributed by atoms with Gasteiger partial charge in [-0.05, 0) is 24.3 Å². The SMILES string of the molecule is COCOc1cc(-c2cn[nH]c2)c(F)cc1-c1cccnn1. The molecule has 6 nitrogen and oxygen atoms in total. The lowest BCUT2D eigenvalue weighted by molar-refractivity contribution is 0.0515. The number of benzene rings is 1. The summed E-state index contributed by atoms with van der Waals surface area (Å²) in [6.45, 7) is 0.0454. The largest absolute Gasteiger partial charge is 0.467 e. The smallest absolute Gasteiger partial charge is 0.188 e. The molecular weight excluding hydrogens is 287 g/mol. The molecule has 0 fully saturated rings. The van der Waals surface area contributed by atoms with Crippen molar-refractivity contribution in [3.63, 3.8) is 0 Å². The molecule has 0 aliphatic heterocycles. The second-order valence-corrected chi connectivity index (χ2v) is 4.47. The van der Waals surface area contributed by atoms with Gasteiger partial charge in [-0.2, -0.15) is 15.3 Å². The van der Waals surface area contributed by atoms with Crippen LogP contribution in [0.4, 0.5) is 4.39 Å². The van der Waals surface area contributed by atoms with Crippen LogP contribution < -0.4 is 4.74 Å². The average Bonchev–Trinajstić information content (AvgIpc) is 3.08. The molecule has 0 saturated heterocycles. The van der Waals surface area contributed by atoms with E-state index in [2.05, 4.69) is 20.4 Å². The van der Waals surface area contributed by atoms with E-state index in [1.807, 2.05) is 0 Å². The molecule has 0 spiro atoms. The fourth-order valence-electron chi connectivity index (χ4n) is 2.06. The average molecular weight is 300 g/mol. The van der Waals surface area contributed by atoms with Gasteiger partial charge in [0.2, 0.25) is 0 Å². The number of halogens is 1. The molecule has 0 aliphatic carbocycles. The summed E-state index contributed by atoms with van der Waals surface area (Å²) >= 11 is 0. The van der Waals surface area contributed by atoms with E-state index in [9.17, 15) is 4.39 Å². The Labute approximate surface area is 125 Å². The summed E-state index contributed by atoms with van der Waals surface area (Å²) in [5.41, 5.74) is 2.04. The highest BCUT2D eigenvalue weighted by Crippen LogP contribution is 2.35. The van der Waals surface area contributed by atoms with E-state index < -0.39 is 5.82 Å². The van der Waals surface area contributed by atoms with Crippen molar-refractivity contribution in [2.75, 3.05) is 13.9 Å². The van der Waals surface area contributed by atoms with E-state index >= 15 is 0 Å². The molecule has 0 bridgehead atoms. The van der Waals surface area contributed by atoms with Crippen LogP contribution in [0.2, 0.25) is 0 Å². The Morgan fingerprint density at radius 2 is 2.18 bits per heavy atom. The lowest BCUT2D eigenvalue weighted by Crippen LogP contribution is -2.02. The first-order valence-corrected chi connectivity index (χ1v) is 6.52. The molecule has 0 atom stereocenters. The molecule has 0 radical (unpaired) electrons. The first kappa shape index (κ1) is 14.2. The van der Waals surface area contributed by atoms with Crippen molar-refractivity contribution in [3.8, 4) is 28.1 Å². The fourth-order valence-corrected chi connectivity index (χ4v) is 2.06. The molecule has 0 saturated carbocycles. The zero-order valence-corrected chi connectivity index (χ0v) is 11.8. The maximum atomic E-state index is 14.4. The molecule has 1 aromatic carbocycles. The van der Waals surface area contributed by atoms with E-state index in [1.165, 1.54) is 13.2 Å². The summed E-state index contributed by atoms with van der Waals surface area (Å²) in [5, 5.41) is 14.3. The van der Waals surface area contributed by atoms with Gasteiger partial charge in [0.1, 0.15) is 11.6 Å². The molecule has 1 N–H and O–H groups in total. The van der Waals surface area contributed by atoms with Crippen LogP contribution in [-0.2, 0) is 4.74 Å². The predicted molar refractivity (Wildman–Crippen MR) is 77.5 cm³/mol. The summed E-state index contributed by atoms with van der Waals surface area (Å²) < 4.78 is 24.9. The first-order chi connectivity index (χ1) is 10.8. The van der Waals surface area contributed by atoms with E-state index in [0.29, 0.717) is 28.1 Å². The second kappa shape index (κ2) is 6.31. The highest BCUT2D eigenvalue weighted by atomic mass is 19.1. The molecular formula is C15H13FN4O2. The van der Waals surface area contributed by atoms with Crippen molar-refractivity contribution in [2.24, 2.45) is 0 Å². The van der Waals surface area contributed by atoms with Crippen LogP contribution in [0.5, 0.6) is 5.75 Å². The van der Waals surface area contributed by atoms with Gasteiger partial charge in [-0.15, -0.1) is 0 Å². The van der Waals surface area contributed by atoms with E-state index in [4.69, 9.17) is 9.47 Å². The Balaban J connectivity index is 2.11. The molecule has 3 rings (SSSR count). The zero-order chi connectivity index (χ0) is 15.4.